The van der Waals surface area contributed by atoms with E-state index in [0.29, 0.717) is 0 Å². The molecule has 0 nitrogen and oxygen atoms in total. The van der Waals surface area contributed by atoms with E-state index in [1.54, 1.807) is 0 Å². The first kappa shape index (κ1) is 11.4. The van der Waals surface area contributed by atoms with Crippen molar-refractivity contribution in [1.82, 2.24) is 0 Å². The average Bonchev–Trinajstić information content (AvgIpc) is 2.30. The molecule has 2 rings (SSSR count). The highest BCUT2D eigenvalue weighted by atomic mass is 79.9. The van der Waals surface area contributed by atoms with Crippen molar-refractivity contribution < 1.29 is 0 Å². The molecule has 1 heteroatoms. The molecule has 0 bridgehead atoms. The topological polar surface area (TPSA) is 0 Å². The van der Waals surface area contributed by atoms with Crippen LogP contribution >= 0.6 is 15.9 Å². The predicted octanol–water partition coefficient (Wildman–Crippen LogP) is 4.65. The Morgan fingerprint density at radius 2 is 1.44 bits per heavy atom. The van der Waals surface area contributed by atoms with Gasteiger partial charge in [-0.15, -0.1) is 0 Å². The largest absolute Gasteiger partial charge is 0.0752 e. The Morgan fingerprint density at radius 3 is 2.06 bits per heavy atom. The van der Waals surface area contributed by atoms with Crippen LogP contribution in [0.25, 0.3) is 0 Å². The lowest BCUT2D eigenvalue weighted by atomic mass is 9.90. The Kier molecular flexibility index (Phi) is 3.15. The molecule has 0 saturated carbocycles. The van der Waals surface area contributed by atoms with Gasteiger partial charge in [-0.2, -0.15) is 0 Å². The minimum absolute atomic E-state index is 0.112. The molecule has 82 valence electrons. The molecule has 0 saturated heterocycles. The maximum Gasteiger partial charge on any atom is 0.0729 e. The fraction of sp³-hybridized carbons (Fsp3) is 0.200. The minimum atomic E-state index is -0.112. The van der Waals surface area contributed by atoms with Gasteiger partial charge >= 0.3 is 0 Å². The summed E-state index contributed by atoms with van der Waals surface area (Å²) in [4.78, 5) is 0. The van der Waals surface area contributed by atoms with E-state index < -0.39 is 0 Å². The fourth-order valence-corrected chi connectivity index (χ4v) is 2.72. The summed E-state index contributed by atoms with van der Waals surface area (Å²) in [6.07, 6.45) is 0. The van der Waals surface area contributed by atoms with Crippen molar-refractivity contribution in [3.05, 3.63) is 71.3 Å². The van der Waals surface area contributed by atoms with Crippen LogP contribution in [0.5, 0.6) is 0 Å². The molecule has 0 amide bonds. The molecule has 1 unspecified atom stereocenters. The zero-order chi connectivity index (χ0) is 11.6. The van der Waals surface area contributed by atoms with Gasteiger partial charge < -0.3 is 0 Å². The van der Waals surface area contributed by atoms with Gasteiger partial charge in [0.25, 0.3) is 0 Å². The van der Waals surface area contributed by atoms with Crippen molar-refractivity contribution in [3.8, 4) is 0 Å². The van der Waals surface area contributed by atoms with Gasteiger partial charge in [-0.3, -0.25) is 0 Å². The summed E-state index contributed by atoms with van der Waals surface area (Å²) in [5, 5.41) is 0. The van der Waals surface area contributed by atoms with E-state index in [9.17, 15) is 0 Å². The quantitative estimate of drug-likeness (QED) is 0.700. The first-order chi connectivity index (χ1) is 7.62. The van der Waals surface area contributed by atoms with Gasteiger partial charge in [0.2, 0.25) is 0 Å². The molecule has 0 fully saturated rings. The summed E-state index contributed by atoms with van der Waals surface area (Å²) in [5.74, 6) is 0. The molecular weight excluding hydrogens is 260 g/mol. The zero-order valence-electron chi connectivity index (χ0n) is 9.57. The molecule has 0 aromatic heterocycles. The highest BCUT2D eigenvalue weighted by molar-refractivity contribution is 9.09. The number of halogens is 1. The molecule has 0 aliphatic carbocycles. The van der Waals surface area contributed by atoms with Gasteiger partial charge in [0.1, 0.15) is 0 Å². The Hall–Kier alpha value is -1.08. The van der Waals surface area contributed by atoms with Crippen LogP contribution in [-0.4, -0.2) is 0 Å². The lowest BCUT2D eigenvalue weighted by Crippen LogP contribution is -2.16. The number of hydrogen-bond donors (Lipinski definition) is 0. The summed E-state index contributed by atoms with van der Waals surface area (Å²) >= 11 is 3.85. The van der Waals surface area contributed by atoms with Crippen LogP contribution in [0.2, 0.25) is 0 Å². The van der Waals surface area contributed by atoms with Crippen LogP contribution in [-0.2, 0) is 4.32 Å². The van der Waals surface area contributed by atoms with Crippen LogP contribution in [0.15, 0.2) is 54.6 Å². The number of hydrogen-bond acceptors (Lipinski definition) is 0. The van der Waals surface area contributed by atoms with E-state index >= 15 is 0 Å². The van der Waals surface area contributed by atoms with Gasteiger partial charge in [0, 0.05) is 0 Å². The van der Waals surface area contributed by atoms with E-state index in [1.807, 2.05) is 6.07 Å². The lowest BCUT2D eigenvalue weighted by Gasteiger charge is -2.25. The molecule has 2 aromatic rings. The number of alkyl halides is 1. The molecule has 1 atom stereocenters. The van der Waals surface area contributed by atoms with Crippen molar-refractivity contribution in [2.45, 2.75) is 18.2 Å². The highest BCUT2D eigenvalue weighted by Gasteiger charge is 2.26. The van der Waals surface area contributed by atoms with Crippen LogP contribution in [0.1, 0.15) is 23.6 Å². The Balaban J connectivity index is 2.51. The highest BCUT2D eigenvalue weighted by Crippen LogP contribution is 2.39. The van der Waals surface area contributed by atoms with E-state index in [-0.39, 0.29) is 4.32 Å². The molecule has 0 radical (unpaired) electrons. The molecule has 2 aromatic carbocycles. The SMILES string of the molecule is Cc1ccccc1C(C)(Br)c1ccccc1. The van der Waals surface area contributed by atoms with Crippen LogP contribution in [0.3, 0.4) is 0 Å². The third kappa shape index (κ3) is 2.05. The molecule has 0 heterocycles. The summed E-state index contributed by atoms with van der Waals surface area (Å²) in [6, 6.07) is 19.0. The Labute approximate surface area is 105 Å². The maximum absolute atomic E-state index is 3.85. The van der Waals surface area contributed by atoms with Gasteiger partial charge in [0.15, 0.2) is 0 Å². The number of benzene rings is 2. The maximum atomic E-state index is 3.85. The van der Waals surface area contributed by atoms with Gasteiger partial charge in [0.05, 0.1) is 4.32 Å². The van der Waals surface area contributed by atoms with Crippen molar-refractivity contribution >= 4 is 15.9 Å². The second kappa shape index (κ2) is 4.42. The van der Waals surface area contributed by atoms with Crippen LogP contribution in [0, 0.1) is 6.92 Å². The van der Waals surface area contributed by atoms with Crippen molar-refractivity contribution in [2.24, 2.45) is 0 Å². The summed E-state index contributed by atoms with van der Waals surface area (Å²) in [7, 11) is 0. The van der Waals surface area contributed by atoms with Crippen molar-refractivity contribution in [1.29, 1.82) is 0 Å². The average molecular weight is 275 g/mol. The monoisotopic (exact) mass is 274 g/mol. The predicted molar refractivity (Wildman–Crippen MR) is 73.0 cm³/mol. The van der Waals surface area contributed by atoms with Gasteiger partial charge in [-0.05, 0) is 30.5 Å². The second-order valence-electron chi connectivity index (χ2n) is 4.18. The van der Waals surface area contributed by atoms with E-state index in [4.69, 9.17) is 0 Å². The molecule has 0 spiro atoms. The lowest BCUT2D eigenvalue weighted by molar-refractivity contribution is 0.850. The van der Waals surface area contributed by atoms with Gasteiger partial charge in [-0.25, -0.2) is 0 Å². The van der Waals surface area contributed by atoms with Crippen LogP contribution < -0.4 is 0 Å². The molecular formula is C15H15Br. The smallest absolute Gasteiger partial charge is 0.0729 e. The summed E-state index contributed by atoms with van der Waals surface area (Å²) in [5.41, 5.74) is 3.91. The standard InChI is InChI=1S/C15H15Br/c1-12-8-6-7-11-14(12)15(2,16)13-9-4-3-5-10-13/h3-11H,1-2H3. The third-order valence-corrected chi connectivity index (χ3v) is 3.85. The number of aryl methyl sites for hydroxylation is 1. The Morgan fingerprint density at radius 1 is 0.875 bits per heavy atom. The van der Waals surface area contributed by atoms with Crippen molar-refractivity contribution in [2.75, 3.05) is 0 Å². The minimum Gasteiger partial charge on any atom is -0.0752 e. The number of rotatable bonds is 2. The molecule has 0 aliphatic rings. The summed E-state index contributed by atoms with van der Waals surface area (Å²) < 4.78 is -0.112. The summed E-state index contributed by atoms with van der Waals surface area (Å²) in [6.45, 7) is 4.35. The first-order valence-electron chi connectivity index (χ1n) is 5.43. The Bertz CT molecular complexity index is 472. The third-order valence-electron chi connectivity index (χ3n) is 2.97. The molecule has 16 heavy (non-hydrogen) atoms. The van der Waals surface area contributed by atoms with Crippen LogP contribution in [0.4, 0.5) is 0 Å². The normalized spacial score (nSPS) is 14.4. The van der Waals surface area contributed by atoms with E-state index in [1.165, 1.54) is 16.7 Å². The van der Waals surface area contributed by atoms with Gasteiger partial charge in [-0.1, -0.05) is 70.5 Å². The van der Waals surface area contributed by atoms with E-state index in [0.717, 1.165) is 0 Å². The van der Waals surface area contributed by atoms with E-state index in [2.05, 4.69) is 78.3 Å². The van der Waals surface area contributed by atoms with Crippen molar-refractivity contribution in [3.63, 3.8) is 0 Å². The molecule has 0 aliphatic heterocycles. The zero-order valence-corrected chi connectivity index (χ0v) is 11.2. The second-order valence-corrected chi connectivity index (χ2v) is 5.77. The fourth-order valence-electron chi connectivity index (χ4n) is 2.01. The molecule has 0 N–H and O–H groups in total. The first-order valence-corrected chi connectivity index (χ1v) is 6.22.